The van der Waals surface area contributed by atoms with Crippen molar-refractivity contribution in [1.82, 2.24) is 15.1 Å². The first kappa shape index (κ1) is 12.6. The number of nitrogens with zero attached hydrogens (tertiary/aromatic N) is 2. The van der Waals surface area contributed by atoms with Crippen molar-refractivity contribution < 1.29 is 0 Å². The Balaban J connectivity index is 1.77. The number of aromatic nitrogens is 2. The maximum Gasteiger partial charge on any atom is 0.0534 e. The van der Waals surface area contributed by atoms with E-state index in [-0.39, 0.29) is 0 Å². The van der Waals surface area contributed by atoms with Gasteiger partial charge in [0.1, 0.15) is 0 Å². The van der Waals surface area contributed by atoms with Crippen LogP contribution in [-0.2, 0) is 13.1 Å². The van der Waals surface area contributed by atoms with E-state index in [0.29, 0.717) is 6.04 Å². The molecule has 0 aromatic carbocycles. The Hall–Kier alpha value is -0.830. The molecule has 0 amide bonds. The zero-order chi connectivity index (χ0) is 12.1. The molecule has 17 heavy (non-hydrogen) atoms. The lowest BCUT2D eigenvalue weighted by Crippen LogP contribution is -2.27. The maximum atomic E-state index is 4.31. The normalized spacial score (nSPS) is 25.8. The van der Waals surface area contributed by atoms with Crippen molar-refractivity contribution >= 4 is 0 Å². The summed E-state index contributed by atoms with van der Waals surface area (Å²) in [6, 6.07) is 0.713. The predicted octanol–water partition coefficient (Wildman–Crippen LogP) is 2.96. The van der Waals surface area contributed by atoms with E-state index in [9.17, 15) is 0 Å². The molecule has 0 aliphatic heterocycles. The Labute approximate surface area is 105 Å². The minimum Gasteiger partial charge on any atom is -0.310 e. The van der Waals surface area contributed by atoms with Crippen LogP contribution in [-0.4, -0.2) is 15.8 Å². The Morgan fingerprint density at radius 3 is 3.00 bits per heavy atom. The monoisotopic (exact) mass is 235 g/mol. The van der Waals surface area contributed by atoms with E-state index >= 15 is 0 Å². The topological polar surface area (TPSA) is 29.9 Å². The van der Waals surface area contributed by atoms with Gasteiger partial charge >= 0.3 is 0 Å². The van der Waals surface area contributed by atoms with Crippen LogP contribution in [0.1, 0.15) is 51.5 Å². The molecule has 0 spiro atoms. The fraction of sp³-hybridized carbons (Fsp3) is 0.786. The van der Waals surface area contributed by atoms with Gasteiger partial charge in [-0.3, -0.25) is 4.68 Å². The predicted molar refractivity (Wildman–Crippen MR) is 70.8 cm³/mol. The van der Waals surface area contributed by atoms with E-state index < -0.39 is 0 Å². The number of hydrogen-bond donors (Lipinski definition) is 1. The van der Waals surface area contributed by atoms with Crippen LogP contribution in [0.4, 0.5) is 0 Å². The van der Waals surface area contributed by atoms with Gasteiger partial charge < -0.3 is 5.32 Å². The number of nitrogens with one attached hydrogen (secondary N) is 1. The smallest absolute Gasteiger partial charge is 0.0534 e. The molecule has 96 valence electrons. The molecule has 3 heteroatoms. The Morgan fingerprint density at radius 1 is 1.35 bits per heavy atom. The first-order valence-electron chi connectivity index (χ1n) is 7.02. The highest BCUT2D eigenvalue weighted by Crippen LogP contribution is 2.22. The van der Waals surface area contributed by atoms with Crippen molar-refractivity contribution in [1.29, 1.82) is 0 Å². The van der Waals surface area contributed by atoms with E-state index in [1.165, 1.54) is 37.7 Å². The fourth-order valence-corrected chi connectivity index (χ4v) is 2.62. The van der Waals surface area contributed by atoms with Crippen molar-refractivity contribution in [2.45, 2.75) is 65.1 Å². The molecular weight excluding hydrogens is 210 g/mol. The lowest BCUT2D eigenvalue weighted by molar-refractivity contribution is 0.447. The molecule has 0 saturated heterocycles. The van der Waals surface area contributed by atoms with Crippen LogP contribution in [0.2, 0.25) is 0 Å². The second-order valence-corrected chi connectivity index (χ2v) is 5.40. The van der Waals surface area contributed by atoms with Gasteiger partial charge in [0.15, 0.2) is 0 Å². The molecule has 1 aliphatic carbocycles. The molecular formula is C14H25N3. The molecule has 2 atom stereocenters. The molecule has 0 radical (unpaired) electrons. The van der Waals surface area contributed by atoms with Crippen LogP contribution < -0.4 is 5.32 Å². The Bertz CT molecular complexity index is 332. The fourth-order valence-electron chi connectivity index (χ4n) is 2.62. The summed E-state index contributed by atoms with van der Waals surface area (Å²) >= 11 is 0. The van der Waals surface area contributed by atoms with Gasteiger partial charge in [0, 0.05) is 30.9 Å². The quantitative estimate of drug-likeness (QED) is 0.813. The Morgan fingerprint density at radius 2 is 2.24 bits per heavy atom. The molecule has 2 unspecified atom stereocenters. The highest BCUT2D eigenvalue weighted by atomic mass is 15.3. The highest BCUT2D eigenvalue weighted by Gasteiger charge is 2.15. The maximum absolute atomic E-state index is 4.31. The van der Waals surface area contributed by atoms with Gasteiger partial charge in [-0.25, -0.2) is 0 Å². The number of hydrogen-bond acceptors (Lipinski definition) is 2. The third kappa shape index (κ3) is 3.84. The molecule has 1 fully saturated rings. The highest BCUT2D eigenvalue weighted by molar-refractivity contribution is 5.03. The van der Waals surface area contributed by atoms with Crippen molar-refractivity contribution in [3.8, 4) is 0 Å². The first-order chi connectivity index (χ1) is 8.28. The molecule has 1 aromatic rings. The summed E-state index contributed by atoms with van der Waals surface area (Å²) in [7, 11) is 0. The standard InChI is InChI=1S/C14H25N3/c1-3-17-11-13(10-16-17)9-15-14-6-4-5-12(2)7-8-14/h10-12,14-15H,3-9H2,1-2H3. The molecule has 1 heterocycles. The third-order valence-corrected chi connectivity index (χ3v) is 3.86. The van der Waals surface area contributed by atoms with Gasteiger partial charge in [0.25, 0.3) is 0 Å². The van der Waals surface area contributed by atoms with E-state index in [4.69, 9.17) is 0 Å². The summed E-state index contributed by atoms with van der Waals surface area (Å²) < 4.78 is 1.99. The average molecular weight is 235 g/mol. The largest absolute Gasteiger partial charge is 0.310 e. The van der Waals surface area contributed by atoms with Crippen LogP contribution in [0, 0.1) is 5.92 Å². The van der Waals surface area contributed by atoms with E-state index in [2.05, 4.69) is 30.5 Å². The second-order valence-electron chi connectivity index (χ2n) is 5.40. The summed E-state index contributed by atoms with van der Waals surface area (Å²) in [5, 5.41) is 7.99. The second kappa shape index (κ2) is 6.20. The van der Waals surface area contributed by atoms with Crippen LogP contribution in [0.25, 0.3) is 0 Å². The van der Waals surface area contributed by atoms with Gasteiger partial charge in [0.2, 0.25) is 0 Å². The molecule has 3 nitrogen and oxygen atoms in total. The molecule has 0 bridgehead atoms. The molecule has 1 N–H and O–H groups in total. The van der Waals surface area contributed by atoms with E-state index in [0.717, 1.165) is 19.0 Å². The number of aryl methyl sites for hydroxylation is 1. The Kier molecular flexibility index (Phi) is 4.60. The van der Waals surface area contributed by atoms with Crippen LogP contribution in [0.5, 0.6) is 0 Å². The minimum absolute atomic E-state index is 0.713. The summed E-state index contributed by atoms with van der Waals surface area (Å²) in [6.07, 6.45) is 11.0. The van der Waals surface area contributed by atoms with Crippen molar-refractivity contribution in [2.75, 3.05) is 0 Å². The van der Waals surface area contributed by atoms with Crippen LogP contribution in [0.15, 0.2) is 12.4 Å². The first-order valence-corrected chi connectivity index (χ1v) is 7.02. The lowest BCUT2D eigenvalue weighted by atomic mass is 10.0. The van der Waals surface area contributed by atoms with Crippen LogP contribution in [0.3, 0.4) is 0 Å². The van der Waals surface area contributed by atoms with Crippen LogP contribution >= 0.6 is 0 Å². The molecule has 2 rings (SSSR count). The summed E-state index contributed by atoms with van der Waals surface area (Å²) in [4.78, 5) is 0. The summed E-state index contributed by atoms with van der Waals surface area (Å²) in [5.74, 6) is 0.921. The summed E-state index contributed by atoms with van der Waals surface area (Å²) in [6.45, 7) is 6.44. The van der Waals surface area contributed by atoms with Crippen molar-refractivity contribution in [2.24, 2.45) is 5.92 Å². The SMILES string of the molecule is CCn1cc(CNC2CCCC(C)CC2)cn1. The minimum atomic E-state index is 0.713. The lowest BCUT2D eigenvalue weighted by Gasteiger charge is -2.15. The van der Waals surface area contributed by atoms with E-state index in [1.54, 1.807) is 0 Å². The molecule has 1 aliphatic rings. The van der Waals surface area contributed by atoms with Crippen molar-refractivity contribution in [3.63, 3.8) is 0 Å². The van der Waals surface area contributed by atoms with Gasteiger partial charge in [-0.1, -0.05) is 19.8 Å². The molecule has 1 aromatic heterocycles. The zero-order valence-corrected chi connectivity index (χ0v) is 11.2. The average Bonchev–Trinajstić information content (AvgIpc) is 2.70. The number of rotatable bonds is 4. The molecule has 1 saturated carbocycles. The zero-order valence-electron chi connectivity index (χ0n) is 11.2. The van der Waals surface area contributed by atoms with Gasteiger partial charge in [-0.05, 0) is 32.1 Å². The van der Waals surface area contributed by atoms with Gasteiger partial charge in [-0.2, -0.15) is 5.10 Å². The van der Waals surface area contributed by atoms with Crippen molar-refractivity contribution in [3.05, 3.63) is 18.0 Å². The third-order valence-electron chi connectivity index (χ3n) is 3.86. The van der Waals surface area contributed by atoms with Gasteiger partial charge in [-0.15, -0.1) is 0 Å². The van der Waals surface area contributed by atoms with Gasteiger partial charge in [0.05, 0.1) is 6.20 Å². The van der Waals surface area contributed by atoms with E-state index in [1.807, 2.05) is 10.9 Å². The summed E-state index contributed by atoms with van der Waals surface area (Å²) in [5.41, 5.74) is 1.31.